The summed E-state index contributed by atoms with van der Waals surface area (Å²) in [6.07, 6.45) is 9.94. The Hall–Kier alpha value is -1.56. The highest BCUT2D eigenvalue weighted by molar-refractivity contribution is 5.72. The van der Waals surface area contributed by atoms with Crippen LogP contribution >= 0.6 is 0 Å². The maximum Gasteiger partial charge on any atom is -0.00194 e. The minimum Gasteiger partial charge on any atom is -0.0617 e. The summed E-state index contributed by atoms with van der Waals surface area (Å²) in [6.45, 7) is 0. The van der Waals surface area contributed by atoms with Crippen LogP contribution in [0.2, 0.25) is 0 Å². The molecule has 1 aromatic rings. The van der Waals surface area contributed by atoms with Crippen molar-refractivity contribution in [1.82, 2.24) is 0 Å². The summed E-state index contributed by atoms with van der Waals surface area (Å²) in [5.74, 6) is 0. The van der Waals surface area contributed by atoms with Gasteiger partial charge in [-0.1, -0.05) is 48.6 Å². The fourth-order valence-electron chi connectivity index (χ4n) is 2.02. The van der Waals surface area contributed by atoms with Crippen molar-refractivity contribution >= 4 is 11.6 Å². The molecule has 3 rings (SSSR count). The second-order valence-electron chi connectivity index (χ2n) is 3.53. The summed E-state index contributed by atoms with van der Waals surface area (Å²) in [6, 6.07) is 8.59. The lowest BCUT2D eigenvalue weighted by Gasteiger charge is -2.13. The molecule has 1 aromatic carbocycles. The topological polar surface area (TPSA) is 0 Å². The second-order valence-corrected chi connectivity index (χ2v) is 3.53. The minimum atomic E-state index is 1.10. The van der Waals surface area contributed by atoms with Gasteiger partial charge < -0.3 is 0 Å². The zero-order chi connectivity index (χ0) is 8.67. The van der Waals surface area contributed by atoms with E-state index >= 15 is 0 Å². The monoisotopic (exact) mass is 166 g/mol. The number of hydrogen-bond donors (Lipinski definition) is 0. The molecule has 0 amide bonds. The maximum absolute atomic E-state index is 2.28. The number of fused-ring (bicyclic) bond motifs is 3. The molecule has 62 valence electrons. The van der Waals surface area contributed by atoms with Crippen LogP contribution in [0.1, 0.15) is 6.42 Å². The lowest BCUT2D eigenvalue weighted by Crippen LogP contribution is -2.29. The van der Waals surface area contributed by atoms with Crippen molar-refractivity contribution in [3.63, 3.8) is 0 Å². The van der Waals surface area contributed by atoms with Crippen molar-refractivity contribution in [1.29, 1.82) is 0 Å². The van der Waals surface area contributed by atoms with Crippen LogP contribution in [-0.4, -0.2) is 0 Å². The molecular formula is C13H10. The molecule has 0 saturated heterocycles. The van der Waals surface area contributed by atoms with Crippen LogP contribution in [0.3, 0.4) is 0 Å². The Kier molecular flexibility index (Phi) is 1.31. The largest absolute Gasteiger partial charge is 0.0617 e. The normalized spacial score (nSPS) is 17.5. The molecule has 0 saturated carbocycles. The van der Waals surface area contributed by atoms with E-state index in [2.05, 4.69) is 48.6 Å². The highest BCUT2D eigenvalue weighted by Crippen LogP contribution is 2.19. The zero-order valence-corrected chi connectivity index (χ0v) is 7.33. The van der Waals surface area contributed by atoms with E-state index in [9.17, 15) is 0 Å². The maximum atomic E-state index is 2.28. The van der Waals surface area contributed by atoms with E-state index in [4.69, 9.17) is 0 Å². The Bertz CT molecular complexity index is 527. The molecule has 0 spiro atoms. The van der Waals surface area contributed by atoms with Gasteiger partial charge in [-0.25, -0.2) is 0 Å². The first-order valence-corrected chi connectivity index (χ1v) is 4.61. The van der Waals surface area contributed by atoms with Gasteiger partial charge in [-0.05, 0) is 28.0 Å². The van der Waals surface area contributed by atoms with Crippen molar-refractivity contribution in [2.45, 2.75) is 6.42 Å². The highest BCUT2D eigenvalue weighted by atomic mass is 14.1. The van der Waals surface area contributed by atoms with Gasteiger partial charge in [0.15, 0.2) is 0 Å². The fourth-order valence-corrected chi connectivity index (χ4v) is 2.02. The third-order valence-corrected chi connectivity index (χ3v) is 2.65. The molecule has 0 atom stereocenters. The lowest BCUT2D eigenvalue weighted by atomic mass is 9.92. The quantitative estimate of drug-likeness (QED) is 0.548. The van der Waals surface area contributed by atoms with Crippen molar-refractivity contribution < 1.29 is 0 Å². The highest BCUT2D eigenvalue weighted by Gasteiger charge is 2.07. The van der Waals surface area contributed by atoms with E-state index in [-0.39, 0.29) is 0 Å². The molecule has 0 aromatic heterocycles. The van der Waals surface area contributed by atoms with Crippen LogP contribution in [0.15, 0.2) is 48.1 Å². The van der Waals surface area contributed by atoms with E-state index in [1.807, 2.05) is 0 Å². The first-order valence-electron chi connectivity index (χ1n) is 4.61. The van der Waals surface area contributed by atoms with Crippen LogP contribution in [0.5, 0.6) is 0 Å². The van der Waals surface area contributed by atoms with Crippen molar-refractivity contribution in [3.8, 4) is 0 Å². The molecule has 0 N–H and O–H groups in total. The Morgan fingerprint density at radius 3 is 3.00 bits per heavy atom. The summed E-state index contributed by atoms with van der Waals surface area (Å²) in [5, 5.41) is 2.76. The Morgan fingerprint density at radius 2 is 2.00 bits per heavy atom. The van der Waals surface area contributed by atoms with Gasteiger partial charge in [-0.15, -0.1) is 0 Å². The number of benzene rings is 1. The molecule has 2 aliphatic carbocycles. The van der Waals surface area contributed by atoms with E-state index < -0.39 is 0 Å². The number of rotatable bonds is 0. The predicted octanol–water partition coefficient (Wildman–Crippen LogP) is 1.52. The summed E-state index contributed by atoms with van der Waals surface area (Å²) in [7, 11) is 0. The Morgan fingerprint density at radius 1 is 1.08 bits per heavy atom. The first-order chi connectivity index (χ1) is 6.43. The van der Waals surface area contributed by atoms with Crippen LogP contribution in [0.25, 0.3) is 11.6 Å². The van der Waals surface area contributed by atoms with E-state index in [1.165, 1.54) is 21.6 Å². The molecule has 0 radical (unpaired) electrons. The summed E-state index contributed by atoms with van der Waals surface area (Å²) < 4.78 is 0. The molecule has 2 bridgehead atoms. The van der Waals surface area contributed by atoms with Gasteiger partial charge >= 0.3 is 0 Å². The summed E-state index contributed by atoms with van der Waals surface area (Å²) in [5.41, 5.74) is 2.88. The van der Waals surface area contributed by atoms with Gasteiger partial charge in [0.1, 0.15) is 0 Å². The zero-order valence-electron chi connectivity index (χ0n) is 7.33. The molecule has 0 unspecified atom stereocenters. The molecule has 0 heteroatoms. The van der Waals surface area contributed by atoms with Crippen LogP contribution < -0.4 is 10.4 Å². The van der Waals surface area contributed by atoms with Crippen LogP contribution in [-0.2, 0) is 0 Å². The third-order valence-electron chi connectivity index (χ3n) is 2.65. The van der Waals surface area contributed by atoms with Crippen LogP contribution in [0, 0.1) is 0 Å². The van der Waals surface area contributed by atoms with Gasteiger partial charge in [-0.3, -0.25) is 0 Å². The molecule has 0 nitrogen and oxygen atoms in total. The standard InChI is InChI=1S/C13H10/c1-2-7-13-11(5-1)8-10-4-3-6-12(13)9-10/h1-8H,9H2. The third kappa shape index (κ3) is 0.988. The Balaban J connectivity index is 2.54. The predicted molar refractivity (Wildman–Crippen MR) is 55.4 cm³/mol. The smallest absolute Gasteiger partial charge is 0.00194 e. The number of allylic oxidation sites excluding steroid dienone is 4. The van der Waals surface area contributed by atoms with E-state index in [0.717, 1.165) is 6.42 Å². The lowest BCUT2D eigenvalue weighted by molar-refractivity contribution is 1.26. The molecule has 13 heavy (non-hydrogen) atoms. The van der Waals surface area contributed by atoms with Gasteiger partial charge in [0.25, 0.3) is 0 Å². The van der Waals surface area contributed by atoms with Gasteiger partial charge in [0.2, 0.25) is 0 Å². The van der Waals surface area contributed by atoms with Gasteiger partial charge in [0, 0.05) is 0 Å². The molecule has 0 aliphatic heterocycles. The van der Waals surface area contributed by atoms with E-state index in [0.29, 0.717) is 0 Å². The van der Waals surface area contributed by atoms with Gasteiger partial charge in [0.05, 0.1) is 0 Å². The van der Waals surface area contributed by atoms with Crippen molar-refractivity contribution in [2.24, 2.45) is 0 Å². The average Bonchev–Trinajstić information content (AvgIpc) is 2.18. The van der Waals surface area contributed by atoms with E-state index in [1.54, 1.807) is 0 Å². The average molecular weight is 166 g/mol. The Labute approximate surface area is 77.2 Å². The SMILES string of the molecule is C1=CC2=c3ccccc3=CC(=C1)C2. The first kappa shape index (κ1) is 6.90. The summed E-state index contributed by atoms with van der Waals surface area (Å²) in [4.78, 5) is 0. The van der Waals surface area contributed by atoms with Gasteiger partial charge in [-0.2, -0.15) is 0 Å². The fraction of sp³-hybridized carbons (Fsp3) is 0.0769. The number of hydrogen-bond acceptors (Lipinski definition) is 0. The molecular weight excluding hydrogens is 156 g/mol. The molecule has 0 fully saturated rings. The minimum absolute atomic E-state index is 1.10. The molecule has 2 aliphatic rings. The van der Waals surface area contributed by atoms with Crippen molar-refractivity contribution in [3.05, 3.63) is 58.5 Å². The summed E-state index contributed by atoms with van der Waals surface area (Å²) >= 11 is 0. The van der Waals surface area contributed by atoms with Crippen molar-refractivity contribution in [2.75, 3.05) is 0 Å². The molecule has 0 heterocycles. The van der Waals surface area contributed by atoms with Crippen LogP contribution in [0.4, 0.5) is 0 Å². The second kappa shape index (κ2) is 2.46.